The molecular weight excluding hydrogens is 148 g/mol. The second-order valence-corrected chi connectivity index (χ2v) is 1.94. The number of rotatable bonds is 2. The van der Waals surface area contributed by atoms with Gasteiger partial charge in [-0.2, -0.15) is 0 Å². The first-order chi connectivity index (χ1) is 5.20. The molecule has 0 aliphatic heterocycles. The third kappa shape index (κ3) is 1.89. The second-order valence-electron chi connectivity index (χ2n) is 1.94. The van der Waals surface area contributed by atoms with Crippen LogP contribution in [0.15, 0.2) is 18.3 Å². The van der Waals surface area contributed by atoms with Crippen LogP contribution in [0.5, 0.6) is 5.88 Å². The van der Waals surface area contributed by atoms with Crippen LogP contribution in [-0.4, -0.2) is 10.1 Å². The van der Waals surface area contributed by atoms with Crippen molar-refractivity contribution in [3.05, 3.63) is 34.0 Å². The number of aromatic nitrogens is 1. The molecule has 1 aromatic heterocycles. The number of pyridine rings is 1. The van der Waals surface area contributed by atoms with Gasteiger partial charge in [-0.3, -0.25) is 4.84 Å². The highest BCUT2D eigenvalue weighted by Gasteiger charge is 2.02. The smallest absolute Gasteiger partial charge is 0.256 e. The van der Waals surface area contributed by atoms with Gasteiger partial charge in [-0.1, -0.05) is 6.07 Å². The highest BCUT2D eigenvalue weighted by atomic mass is 17.0. The van der Waals surface area contributed by atoms with Gasteiger partial charge in [0.25, 0.3) is 0 Å². The maximum Gasteiger partial charge on any atom is 0.301 e. The van der Waals surface area contributed by atoms with Crippen molar-refractivity contribution in [2.24, 2.45) is 0 Å². The lowest BCUT2D eigenvalue weighted by Crippen LogP contribution is -2.05. The molecule has 0 saturated heterocycles. The Bertz CT molecular complexity index is 274. The number of aryl methyl sites for hydroxylation is 1. The van der Waals surface area contributed by atoms with Crippen LogP contribution in [0.25, 0.3) is 0 Å². The van der Waals surface area contributed by atoms with Crippen molar-refractivity contribution >= 4 is 0 Å². The minimum atomic E-state index is -0.880. The van der Waals surface area contributed by atoms with E-state index >= 15 is 0 Å². The zero-order valence-corrected chi connectivity index (χ0v) is 5.85. The van der Waals surface area contributed by atoms with Crippen LogP contribution in [-0.2, 0) is 0 Å². The third-order valence-corrected chi connectivity index (χ3v) is 1.12. The van der Waals surface area contributed by atoms with E-state index in [4.69, 9.17) is 0 Å². The molecule has 1 heterocycles. The van der Waals surface area contributed by atoms with Crippen LogP contribution in [0.3, 0.4) is 0 Å². The molecule has 1 rings (SSSR count). The van der Waals surface area contributed by atoms with E-state index in [0.29, 0.717) is 5.56 Å². The Morgan fingerprint density at radius 2 is 2.45 bits per heavy atom. The van der Waals surface area contributed by atoms with E-state index in [1.54, 1.807) is 19.1 Å². The average molecular weight is 154 g/mol. The molecule has 0 spiro atoms. The third-order valence-electron chi connectivity index (χ3n) is 1.12. The summed E-state index contributed by atoms with van der Waals surface area (Å²) in [5.41, 5.74) is 0.643. The molecule has 0 bridgehead atoms. The molecule has 0 atom stereocenters. The fourth-order valence-corrected chi connectivity index (χ4v) is 0.637. The number of hydrogen-bond donors (Lipinski definition) is 0. The summed E-state index contributed by atoms with van der Waals surface area (Å²) >= 11 is 0. The average Bonchev–Trinajstić information content (AvgIpc) is 1.93. The predicted molar refractivity (Wildman–Crippen MR) is 36.6 cm³/mol. The summed E-state index contributed by atoms with van der Waals surface area (Å²) in [4.78, 5) is 17.7. The van der Waals surface area contributed by atoms with Crippen LogP contribution in [0.2, 0.25) is 0 Å². The quantitative estimate of drug-likeness (QED) is 0.470. The molecule has 0 aromatic carbocycles. The van der Waals surface area contributed by atoms with E-state index in [1.165, 1.54) is 6.20 Å². The fourth-order valence-electron chi connectivity index (χ4n) is 0.637. The summed E-state index contributed by atoms with van der Waals surface area (Å²) in [6, 6.07) is 3.37. The fraction of sp³-hybridized carbons (Fsp3) is 0.167. The van der Waals surface area contributed by atoms with Gasteiger partial charge in [0.1, 0.15) is 0 Å². The number of nitrogens with zero attached hydrogens (tertiary/aromatic N) is 2. The van der Waals surface area contributed by atoms with Crippen LogP contribution in [0.4, 0.5) is 0 Å². The van der Waals surface area contributed by atoms with Gasteiger partial charge in [-0.25, -0.2) is 4.98 Å². The van der Waals surface area contributed by atoms with Gasteiger partial charge in [0, 0.05) is 6.20 Å². The Kier molecular flexibility index (Phi) is 2.00. The normalized spacial score (nSPS) is 9.18. The molecule has 0 aliphatic carbocycles. The summed E-state index contributed by atoms with van der Waals surface area (Å²) < 4.78 is 0. The first-order valence-electron chi connectivity index (χ1n) is 2.94. The SMILES string of the molecule is Cc1cccnc1O[N+](=O)[O-]. The lowest BCUT2D eigenvalue weighted by atomic mass is 10.3. The molecule has 58 valence electrons. The van der Waals surface area contributed by atoms with Gasteiger partial charge in [0.05, 0.1) is 0 Å². The van der Waals surface area contributed by atoms with Crippen molar-refractivity contribution in [3.8, 4) is 5.88 Å². The number of hydrogen-bond acceptors (Lipinski definition) is 4. The topological polar surface area (TPSA) is 65.3 Å². The minimum absolute atomic E-state index is 0.0394. The zero-order chi connectivity index (χ0) is 8.27. The molecule has 0 saturated carbocycles. The highest BCUT2D eigenvalue weighted by Crippen LogP contribution is 2.11. The monoisotopic (exact) mass is 154 g/mol. The second kappa shape index (κ2) is 2.96. The van der Waals surface area contributed by atoms with E-state index in [2.05, 4.69) is 9.82 Å². The molecule has 0 amide bonds. The summed E-state index contributed by atoms with van der Waals surface area (Å²) in [6.45, 7) is 1.69. The van der Waals surface area contributed by atoms with Gasteiger partial charge >= 0.3 is 5.09 Å². The Balaban J connectivity index is 2.86. The molecule has 0 unspecified atom stereocenters. The van der Waals surface area contributed by atoms with Gasteiger partial charge in [-0.15, -0.1) is 10.1 Å². The van der Waals surface area contributed by atoms with Gasteiger partial charge in [0.2, 0.25) is 5.88 Å². The Labute approximate surface area is 62.7 Å². The summed E-state index contributed by atoms with van der Waals surface area (Å²) in [7, 11) is 0. The zero-order valence-electron chi connectivity index (χ0n) is 5.85. The molecular formula is C6H6N2O3. The summed E-state index contributed by atoms with van der Waals surface area (Å²) in [5.74, 6) is 0.0394. The van der Waals surface area contributed by atoms with Crippen LogP contribution >= 0.6 is 0 Å². The molecule has 0 radical (unpaired) electrons. The van der Waals surface area contributed by atoms with Crippen molar-refractivity contribution in [1.82, 2.24) is 4.98 Å². The molecule has 11 heavy (non-hydrogen) atoms. The van der Waals surface area contributed by atoms with Crippen molar-refractivity contribution in [2.75, 3.05) is 0 Å². The highest BCUT2D eigenvalue weighted by molar-refractivity contribution is 5.22. The minimum Gasteiger partial charge on any atom is -0.256 e. The van der Waals surface area contributed by atoms with Crippen LogP contribution < -0.4 is 4.84 Å². The Morgan fingerprint density at radius 3 is 3.00 bits per heavy atom. The molecule has 1 aromatic rings. The van der Waals surface area contributed by atoms with Crippen molar-refractivity contribution in [1.29, 1.82) is 0 Å². The van der Waals surface area contributed by atoms with Crippen LogP contribution in [0, 0.1) is 17.0 Å². The first kappa shape index (κ1) is 7.46. The van der Waals surface area contributed by atoms with Crippen molar-refractivity contribution in [3.63, 3.8) is 0 Å². The van der Waals surface area contributed by atoms with Gasteiger partial charge in [0.15, 0.2) is 0 Å². The predicted octanol–water partition coefficient (Wildman–Crippen LogP) is 0.961. The molecule has 0 N–H and O–H groups in total. The van der Waals surface area contributed by atoms with Crippen LogP contribution in [0.1, 0.15) is 5.56 Å². The largest absolute Gasteiger partial charge is 0.301 e. The lowest BCUT2D eigenvalue weighted by Gasteiger charge is -1.98. The maximum absolute atomic E-state index is 9.86. The molecule has 5 heteroatoms. The van der Waals surface area contributed by atoms with E-state index in [-0.39, 0.29) is 5.88 Å². The summed E-state index contributed by atoms with van der Waals surface area (Å²) in [5, 5.41) is 8.98. The van der Waals surface area contributed by atoms with Crippen molar-refractivity contribution < 1.29 is 9.92 Å². The standard InChI is InChI=1S/C6H6N2O3/c1-5-3-2-4-7-6(5)11-8(9)10/h2-4H,1H3. The maximum atomic E-state index is 9.86. The molecule has 0 aliphatic rings. The summed E-state index contributed by atoms with van der Waals surface area (Å²) in [6.07, 6.45) is 1.44. The van der Waals surface area contributed by atoms with E-state index in [0.717, 1.165) is 0 Å². The Hall–Kier alpha value is -1.65. The first-order valence-corrected chi connectivity index (χ1v) is 2.94. The molecule has 0 fully saturated rings. The Morgan fingerprint density at radius 1 is 1.73 bits per heavy atom. The molecule has 5 nitrogen and oxygen atoms in total. The lowest BCUT2D eigenvalue weighted by molar-refractivity contribution is -0.712. The van der Waals surface area contributed by atoms with Crippen molar-refractivity contribution in [2.45, 2.75) is 6.92 Å². The van der Waals surface area contributed by atoms with E-state index in [9.17, 15) is 10.1 Å². The van der Waals surface area contributed by atoms with Gasteiger partial charge < -0.3 is 0 Å². The van der Waals surface area contributed by atoms with Gasteiger partial charge in [-0.05, 0) is 18.6 Å². The van der Waals surface area contributed by atoms with E-state index < -0.39 is 5.09 Å². The van der Waals surface area contributed by atoms with E-state index in [1.807, 2.05) is 0 Å².